The van der Waals surface area contributed by atoms with E-state index in [1.807, 2.05) is 74.1 Å². The van der Waals surface area contributed by atoms with Gasteiger partial charge in [-0.15, -0.1) is 0 Å². The Kier molecular flexibility index (Phi) is 18.5. The molecule has 1 aliphatic heterocycles. The summed E-state index contributed by atoms with van der Waals surface area (Å²) in [6.07, 6.45) is 6.47. The van der Waals surface area contributed by atoms with Gasteiger partial charge in [0, 0.05) is 73.5 Å². The minimum Gasteiger partial charge on any atom is -0.627 e. The first-order chi connectivity index (χ1) is 27.8. The van der Waals surface area contributed by atoms with Gasteiger partial charge in [-0.25, -0.2) is 13.9 Å². The Balaban J connectivity index is 1.17. The topological polar surface area (TPSA) is 166 Å². The van der Waals surface area contributed by atoms with Gasteiger partial charge in [-0.3, -0.25) is 9.59 Å². The second kappa shape index (κ2) is 23.2. The molecule has 0 bridgehead atoms. The van der Waals surface area contributed by atoms with Crippen molar-refractivity contribution in [2.24, 2.45) is 0 Å². The van der Waals surface area contributed by atoms with Gasteiger partial charge in [0.05, 0.1) is 44.7 Å². The molecule has 2 aromatic rings. The maximum absolute atomic E-state index is 13.5. The summed E-state index contributed by atoms with van der Waals surface area (Å²) < 4.78 is 37.6. The third-order valence-electron chi connectivity index (χ3n) is 9.63. The van der Waals surface area contributed by atoms with Crippen LogP contribution in [0, 0.1) is 0 Å². The second-order valence-electron chi connectivity index (χ2n) is 14.5. The first-order valence-corrected chi connectivity index (χ1v) is 21.7. The Hall–Kier alpha value is -4.46. The molecular weight excluding hydrogens is 766 g/mol. The number of rotatable bonds is 25. The summed E-state index contributed by atoms with van der Waals surface area (Å²) in [6, 6.07) is 16.3. The van der Waals surface area contributed by atoms with Gasteiger partial charge < -0.3 is 39.4 Å². The molecule has 1 unspecified atom stereocenters. The van der Waals surface area contributed by atoms with Crippen LogP contribution in [0.5, 0.6) is 0 Å². The number of benzene rings is 3. The van der Waals surface area contributed by atoms with Gasteiger partial charge in [0.25, 0.3) is 13.9 Å². The summed E-state index contributed by atoms with van der Waals surface area (Å²) in [4.78, 5) is 51.3. The number of carboxylic acid groups (broad SMARTS) is 1. The fraction of sp³-hybridized carbons (Fsp3) is 0.488. The fourth-order valence-corrected chi connectivity index (χ4v) is 7.65. The number of hydrogen-bond acceptors (Lipinski definition) is 9. The number of hydrogen-bond donors (Lipinski definition) is 3. The van der Waals surface area contributed by atoms with E-state index in [-0.39, 0.29) is 43.0 Å². The van der Waals surface area contributed by atoms with Gasteiger partial charge in [0.2, 0.25) is 11.3 Å². The first kappa shape index (κ1) is 46.2. The van der Waals surface area contributed by atoms with Crippen molar-refractivity contribution in [1.29, 1.82) is 0 Å². The molecule has 0 spiro atoms. The van der Waals surface area contributed by atoms with Gasteiger partial charge >= 0.3 is 5.97 Å². The standard InChI is InChI=1S/C43H58FN4O9P/c1-6-56-58(44,53)27-13-11-9-7-8-10-12-14-40(49)45-21-23-54-25-26-55-24-22-46-42(50)31-15-18-34(37(28-31)43(51)52)41-35-19-16-32(47(2)3)29-38(35)57-39-30-33(48(4)5)17-20-36(39)41/h15-20,28-30H,6-14,21-27H2,1-5H3,(H2-,45,46,49,50,51,52)/p+1. The molecule has 3 N–H and O–H groups in total. The minimum atomic E-state index is -3.92. The highest BCUT2D eigenvalue weighted by molar-refractivity contribution is 7.58. The van der Waals surface area contributed by atoms with Crippen LogP contribution in [0.1, 0.15) is 79.0 Å². The lowest BCUT2D eigenvalue weighted by atomic mass is 9.89. The van der Waals surface area contributed by atoms with E-state index >= 15 is 0 Å². The van der Waals surface area contributed by atoms with E-state index in [0.29, 0.717) is 61.7 Å². The summed E-state index contributed by atoms with van der Waals surface area (Å²) in [5, 5.41) is 17.7. The van der Waals surface area contributed by atoms with E-state index in [9.17, 15) is 28.6 Å². The lowest BCUT2D eigenvalue weighted by molar-refractivity contribution is -0.205. The number of halogens is 1. The zero-order chi connectivity index (χ0) is 42.1. The molecule has 58 heavy (non-hydrogen) atoms. The SMILES string of the molecule is CCO[P+]([O-])(F)CCCCCCCCCC(=O)NCCOCCOCCNC(=O)c1ccc(-c2c3ccc(=[N+](C)C)cc-3oc3cc(N(C)C)ccc23)c(C(=O)O)c1. The summed E-state index contributed by atoms with van der Waals surface area (Å²) in [5.41, 5.74) is 3.67. The van der Waals surface area contributed by atoms with Crippen molar-refractivity contribution in [3.8, 4) is 22.5 Å². The Bertz CT molecular complexity index is 2020. The molecule has 0 saturated heterocycles. The number of amides is 2. The van der Waals surface area contributed by atoms with Crippen LogP contribution in [-0.4, -0.2) is 103 Å². The Morgan fingerprint density at radius 2 is 1.50 bits per heavy atom. The van der Waals surface area contributed by atoms with Crippen LogP contribution >= 0.6 is 8.03 Å². The molecule has 0 fully saturated rings. The van der Waals surface area contributed by atoms with E-state index in [0.717, 1.165) is 60.5 Å². The molecule has 2 amide bonds. The number of carboxylic acids is 1. The molecule has 2 aliphatic rings. The number of carbonyl (C=O) groups is 3. The monoisotopic (exact) mass is 825 g/mol. The molecule has 0 radical (unpaired) electrons. The van der Waals surface area contributed by atoms with E-state index in [4.69, 9.17) is 13.9 Å². The molecule has 1 aliphatic carbocycles. The smallest absolute Gasteiger partial charge is 0.336 e. The van der Waals surface area contributed by atoms with Gasteiger partial charge in [-0.05, 0) is 66.3 Å². The maximum atomic E-state index is 13.5. The Morgan fingerprint density at radius 1 is 0.845 bits per heavy atom. The van der Waals surface area contributed by atoms with Gasteiger partial charge in [0.15, 0.2) is 0 Å². The second-order valence-corrected chi connectivity index (χ2v) is 16.4. The summed E-state index contributed by atoms with van der Waals surface area (Å²) in [6.45, 7) is 3.57. The van der Waals surface area contributed by atoms with E-state index in [2.05, 4.69) is 15.2 Å². The highest BCUT2D eigenvalue weighted by atomic mass is 31.2. The molecule has 2 aromatic carbocycles. The molecule has 0 saturated carbocycles. The van der Waals surface area contributed by atoms with Crippen molar-refractivity contribution >= 4 is 42.5 Å². The van der Waals surface area contributed by atoms with Crippen LogP contribution < -0.4 is 30.4 Å². The van der Waals surface area contributed by atoms with Crippen LogP contribution in [0.15, 0.2) is 59.0 Å². The first-order valence-electron chi connectivity index (χ1n) is 20.0. The van der Waals surface area contributed by atoms with Crippen LogP contribution in [0.25, 0.3) is 33.4 Å². The van der Waals surface area contributed by atoms with Crippen LogP contribution in [0.3, 0.4) is 0 Å². The number of aromatic carboxylic acids is 1. The number of fused-ring (bicyclic) bond motifs is 2. The van der Waals surface area contributed by atoms with Gasteiger partial charge in [-0.2, -0.15) is 0 Å². The minimum absolute atomic E-state index is 0.00661. The Labute approximate surface area is 341 Å². The van der Waals surface area contributed by atoms with Crippen LogP contribution in [0.4, 0.5) is 9.88 Å². The number of carbonyl (C=O) groups excluding carboxylic acids is 2. The predicted molar refractivity (Wildman–Crippen MR) is 225 cm³/mol. The average Bonchev–Trinajstić information content (AvgIpc) is 3.19. The highest BCUT2D eigenvalue weighted by Gasteiger charge is 2.27. The summed E-state index contributed by atoms with van der Waals surface area (Å²) in [7, 11) is 3.84. The van der Waals surface area contributed by atoms with Crippen molar-refractivity contribution in [2.45, 2.75) is 58.3 Å². The molecule has 13 nitrogen and oxygen atoms in total. The Morgan fingerprint density at radius 3 is 2.16 bits per heavy atom. The molecular formula is C43H59FN4O9P+. The molecule has 4 rings (SSSR count). The quantitative estimate of drug-likeness (QED) is 0.0307. The van der Waals surface area contributed by atoms with Crippen molar-refractivity contribution in [1.82, 2.24) is 15.2 Å². The van der Waals surface area contributed by atoms with Crippen molar-refractivity contribution in [3.05, 3.63) is 71.1 Å². The van der Waals surface area contributed by atoms with Crippen molar-refractivity contribution in [2.75, 3.05) is 85.4 Å². The van der Waals surface area contributed by atoms with E-state index < -0.39 is 19.9 Å². The van der Waals surface area contributed by atoms with Crippen molar-refractivity contribution in [3.63, 3.8) is 0 Å². The van der Waals surface area contributed by atoms with E-state index in [1.54, 1.807) is 19.1 Å². The number of unbranched alkanes of at least 4 members (excludes halogenated alkanes) is 6. The fourth-order valence-electron chi connectivity index (χ4n) is 6.53. The normalized spacial score (nSPS) is 12.4. The van der Waals surface area contributed by atoms with Crippen LogP contribution in [0.2, 0.25) is 0 Å². The highest BCUT2D eigenvalue weighted by Crippen LogP contribution is 2.53. The third kappa shape index (κ3) is 14.1. The third-order valence-corrected chi connectivity index (χ3v) is 11.1. The van der Waals surface area contributed by atoms with Gasteiger partial charge in [0.1, 0.15) is 31.6 Å². The maximum Gasteiger partial charge on any atom is 0.336 e. The number of anilines is 1. The van der Waals surface area contributed by atoms with Crippen molar-refractivity contribution < 1.29 is 47.0 Å². The average molecular weight is 826 g/mol. The predicted octanol–water partition coefficient (Wildman–Crippen LogP) is 6.13. The zero-order valence-corrected chi connectivity index (χ0v) is 35.3. The van der Waals surface area contributed by atoms with E-state index in [1.165, 1.54) is 6.07 Å². The summed E-state index contributed by atoms with van der Waals surface area (Å²) in [5.74, 6) is -0.995. The lowest BCUT2D eigenvalue weighted by Gasteiger charge is -2.19. The molecule has 1 atom stereocenters. The van der Waals surface area contributed by atoms with Crippen LogP contribution in [-0.2, 0) is 18.8 Å². The number of nitrogens with zero attached hydrogens (tertiary/aromatic N) is 2. The largest absolute Gasteiger partial charge is 0.627 e. The molecule has 1 heterocycles. The molecule has 0 aromatic heterocycles. The molecule has 15 heteroatoms. The summed E-state index contributed by atoms with van der Waals surface area (Å²) >= 11 is 0. The van der Waals surface area contributed by atoms with Gasteiger partial charge in [-0.1, -0.05) is 31.7 Å². The molecule has 316 valence electrons. The lowest BCUT2D eigenvalue weighted by Crippen LogP contribution is -2.28. The number of ether oxygens (including phenoxy) is 2. The number of nitrogens with one attached hydrogen (secondary N) is 2. The zero-order valence-electron chi connectivity index (χ0n) is 34.4.